The van der Waals surface area contributed by atoms with Crippen molar-refractivity contribution < 1.29 is 14.0 Å². The third kappa shape index (κ3) is 3.01. The highest BCUT2D eigenvalue weighted by Crippen LogP contribution is 2.36. The van der Waals surface area contributed by atoms with Gasteiger partial charge in [-0.3, -0.25) is 9.97 Å². The predicted molar refractivity (Wildman–Crippen MR) is 100 cm³/mol. The Balaban J connectivity index is 1.58. The number of benzene rings is 1. The van der Waals surface area contributed by atoms with Crippen LogP contribution in [0.1, 0.15) is 31.0 Å². The van der Waals surface area contributed by atoms with Gasteiger partial charge in [0.2, 0.25) is 0 Å². The molecule has 0 saturated carbocycles. The van der Waals surface area contributed by atoms with Crippen LogP contribution in [0.2, 0.25) is 0 Å². The van der Waals surface area contributed by atoms with Gasteiger partial charge in [-0.1, -0.05) is 19.9 Å². The van der Waals surface area contributed by atoms with Gasteiger partial charge in [0.05, 0.1) is 24.9 Å². The fourth-order valence-electron chi connectivity index (χ4n) is 3.16. The standard InChI is InChI=1S/C19H21N3O3S/c1-11-9-25-17-7-13(20-8-14(17)12(11)2)10-26(23)19-21-15-5-4-6-16(24-3)18(15)22-19/h4-8,11-12H,9-10H2,1-3H3,(H,21,22). The largest absolute Gasteiger partial charge is 0.609 e. The molecule has 1 aliphatic rings. The summed E-state index contributed by atoms with van der Waals surface area (Å²) in [6.07, 6.45) is 1.85. The minimum absolute atomic E-state index is 0.280. The molecule has 0 saturated heterocycles. The Kier molecular flexibility index (Phi) is 4.50. The zero-order valence-corrected chi connectivity index (χ0v) is 15.8. The van der Waals surface area contributed by atoms with E-state index in [1.807, 2.05) is 30.5 Å². The summed E-state index contributed by atoms with van der Waals surface area (Å²) >= 11 is -1.33. The molecule has 1 aromatic carbocycles. The van der Waals surface area contributed by atoms with Crippen LogP contribution in [0.25, 0.3) is 11.0 Å². The van der Waals surface area contributed by atoms with Crippen LogP contribution in [0, 0.1) is 5.92 Å². The lowest BCUT2D eigenvalue weighted by Gasteiger charge is -2.28. The second-order valence-corrected chi connectivity index (χ2v) is 8.05. The first kappa shape index (κ1) is 17.2. The topological polar surface area (TPSA) is 83.1 Å². The Labute approximate surface area is 155 Å². The van der Waals surface area contributed by atoms with Crippen LogP contribution in [-0.2, 0) is 16.9 Å². The van der Waals surface area contributed by atoms with E-state index in [9.17, 15) is 4.55 Å². The summed E-state index contributed by atoms with van der Waals surface area (Å²) in [6, 6.07) is 7.49. The first-order valence-electron chi connectivity index (χ1n) is 8.59. The fraction of sp³-hybridized carbons (Fsp3) is 0.368. The molecular weight excluding hydrogens is 350 g/mol. The quantitative estimate of drug-likeness (QED) is 0.711. The van der Waals surface area contributed by atoms with E-state index < -0.39 is 11.2 Å². The van der Waals surface area contributed by atoms with Gasteiger partial charge in [-0.2, -0.15) is 4.98 Å². The molecule has 0 amide bonds. The van der Waals surface area contributed by atoms with Crippen molar-refractivity contribution in [1.29, 1.82) is 0 Å². The summed E-state index contributed by atoms with van der Waals surface area (Å²) < 4.78 is 23.9. The molecule has 1 N–H and O–H groups in total. The van der Waals surface area contributed by atoms with Gasteiger partial charge in [0.25, 0.3) is 0 Å². The Morgan fingerprint density at radius 1 is 1.38 bits per heavy atom. The van der Waals surface area contributed by atoms with Crippen LogP contribution in [0.4, 0.5) is 0 Å². The normalized spacial score (nSPS) is 20.5. The zero-order valence-electron chi connectivity index (χ0n) is 15.0. The first-order valence-corrected chi connectivity index (χ1v) is 9.91. The third-order valence-electron chi connectivity index (χ3n) is 4.97. The number of pyridine rings is 1. The van der Waals surface area contributed by atoms with Crippen molar-refractivity contribution in [2.45, 2.75) is 30.7 Å². The van der Waals surface area contributed by atoms with Gasteiger partial charge in [-0.05, 0) is 24.0 Å². The van der Waals surface area contributed by atoms with Crippen molar-refractivity contribution in [2.75, 3.05) is 13.7 Å². The van der Waals surface area contributed by atoms with Gasteiger partial charge in [-0.15, -0.1) is 0 Å². The molecule has 0 fully saturated rings. The van der Waals surface area contributed by atoms with Crippen LogP contribution in [0.5, 0.6) is 11.5 Å². The van der Waals surface area contributed by atoms with E-state index in [1.54, 1.807) is 7.11 Å². The third-order valence-corrected chi connectivity index (χ3v) is 6.15. The lowest BCUT2D eigenvalue weighted by Crippen LogP contribution is -2.22. The molecule has 7 heteroatoms. The number of fused-ring (bicyclic) bond motifs is 2. The number of nitrogens with zero attached hydrogens (tertiary/aromatic N) is 2. The monoisotopic (exact) mass is 371 g/mol. The van der Waals surface area contributed by atoms with E-state index in [4.69, 9.17) is 9.47 Å². The molecule has 0 aliphatic carbocycles. The molecule has 3 heterocycles. The molecule has 26 heavy (non-hydrogen) atoms. The minimum Gasteiger partial charge on any atom is -0.609 e. The summed E-state index contributed by atoms with van der Waals surface area (Å²) in [5, 5.41) is 0.423. The lowest BCUT2D eigenvalue weighted by atomic mass is 9.88. The van der Waals surface area contributed by atoms with Gasteiger partial charge < -0.3 is 14.0 Å². The number of H-pyrrole nitrogens is 1. The van der Waals surface area contributed by atoms with E-state index in [-0.39, 0.29) is 5.75 Å². The predicted octanol–water partition coefficient (Wildman–Crippen LogP) is 3.41. The average molecular weight is 371 g/mol. The van der Waals surface area contributed by atoms with Crippen molar-refractivity contribution in [1.82, 2.24) is 15.0 Å². The smallest absolute Gasteiger partial charge is 0.322 e. The van der Waals surface area contributed by atoms with Crippen molar-refractivity contribution >= 4 is 22.2 Å². The van der Waals surface area contributed by atoms with Crippen LogP contribution < -0.4 is 9.47 Å². The molecule has 0 bridgehead atoms. The lowest BCUT2D eigenvalue weighted by molar-refractivity contribution is 0.211. The molecular formula is C19H21N3O3S. The summed E-state index contributed by atoms with van der Waals surface area (Å²) in [7, 11) is 1.60. The van der Waals surface area contributed by atoms with Crippen molar-refractivity contribution in [3.63, 3.8) is 0 Å². The van der Waals surface area contributed by atoms with Crippen LogP contribution in [-0.4, -0.2) is 33.2 Å². The molecule has 4 rings (SSSR count). The molecule has 3 atom stereocenters. The summed E-state index contributed by atoms with van der Waals surface area (Å²) in [5.41, 5.74) is 3.34. The van der Waals surface area contributed by atoms with Crippen LogP contribution in [0.3, 0.4) is 0 Å². The molecule has 1 aliphatic heterocycles. The minimum atomic E-state index is -1.33. The maximum Gasteiger partial charge on any atom is 0.322 e. The average Bonchev–Trinajstić information content (AvgIpc) is 3.09. The maximum atomic E-state index is 12.8. The highest BCUT2D eigenvalue weighted by molar-refractivity contribution is 7.90. The van der Waals surface area contributed by atoms with Crippen molar-refractivity contribution in [3.05, 3.63) is 41.7 Å². The second kappa shape index (κ2) is 6.81. The number of hydrogen-bond acceptors (Lipinski definition) is 5. The maximum absolute atomic E-state index is 12.8. The molecule has 6 nitrogen and oxygen atoms in total. The molecule has 0 radical (unpaired) electrons. The van der Waals surface area contributed by atoms with E-state index in [0.29, 0.717) is 34.9 Å². The van der Waals surface area contributed by atoms with Gasteiger partial charge in [0.15, 0.2) is 5.75 Å². The molecule has 136 valence electrons. The number of aromatic nitrogens is 3. The summed E-state index contributed by atoms with van der Waals surface area (Å²) in [4.78, 5) is 12.1. The first-order chi connectivity index (χ1) is 12.6. The Morgan fingerprint density at radius 2 is 2.23 bits per heavy atom. The van der Waals surface area contributed by atoms with Gasteiger partial charge in [0, 0.05) is 29.0 Å². The molecule has 0 spiro atoms. The second-order valence-electron chi connectivity index (χ2n) is 6.68. The van der Waals surface area contributed by atoms with E-state index in [1.165, 1.54) is 0 Å². The molecule has 2 aromatic heterocycles. The number of aromatic amines is 1. The number of para-hydroxylation sites is 1. The number of methoxy groups -OCH3 is 1. The summed E-state index contributed by atoms with van der Waals surface area (Å²) in [6.45, 7) is 5.06. The highest BCUT2D eigenvalue weighted by Gasteiger charge is 2.26. The SMILES string of the molecule is COc1cccc2[nH]c([S+]([O-])Cc3cc4c(cn3)C(C)C(C)CO4)nc12. The molecule has 3 aromatic rings. The van der Waals surface area contributed by atoms with Crippen LogP contribution >= 0.6 is 0 Å². The summed E-state index contributed by atoms with van der Waals surface area (Å²) in [5.74, 6) is 2.67. The number of hydrogen-bond donors (Lipinski definition) is 1. The van der Waals surface area contributed by atoms with E-state index in [2.05, 4.69) is 28.8 Å². The van der Waals surface area contributed by atoms with E-state index in [0.717, 1.165) is 22.5 Å². The van der Waals surface area contributed by atoms with Crippen molar-refractivity contribution in [3.8, 4) is 11.5 Å². The Morgan fingerprint density at radius 3 is 3.04 bits per heavy atom. The fourth-order valence-corrected chi connectivity index (χ4v) is 4.14. The highest BCUT2D eigenvalue weighted by atomic mass is 32.2. The Hall–Kier alpha value is -2.25. The van der Waals surface area contributed by atoms with Crippen molar-refractivity contribution in [2.24, 2.45) is 5.92 Å². The van der Waals surface area contributed by atoms with Gasteiger partial charge in [-0.25, -0.2) is 0 Å². The Bertz CT molecular complexity index is 943. The number of ether oxygens (including phenoxy) is 2. The van der Waals surface area contributed by atoms with Crippen LogP contribution in [0.15, 0.2) is 35.6 Å². The number of nitrogens with one attached hydrogen (secondary N) is 1. The van der Waals surface area contributed by atoms with E-state index >= 15 is 0 Å². The van der Waals surface area contributed by atoms with Gasteiger partial charge in [0.1, 0.15) is 17.0 Å². The number of rotatable bonds is 4. The number of imidazole rings is 1. The molecule has 3 unspecified atom stereocenters. The van der Waals surface area contributed by atoms with Gasteiger partial charge >= 0.3 is 5.16 Å². The zero-order chi connectivity index (χ0) is 18.3.